The first-order valence-electron chi connectivity index (χ1n) is 7.20. The molecule has 0 atom stereocenters. The van der Waals surface area contributed by atoms with Crippen LogP contribution in [0.1, 0.15) is 5.69 Å². The highest BCUT2D eigenvalue weighted by Crippen LogP contribution is 2.18. The summed E-state index contributed by atoms with van der Waals surface area (Å²) in [4.78, 5) is 24.7. The lowest BCUT2D eigenvalue weighted by molar-refractivity contribution is 0.262. The summed E-state index contributed by atoms with van der Waals surface area (Å²) in [6.45, 7) is 1.84. The Morgan fingerprint density at radius 2 is 1.88 bits per heavy atom. The van der Waals surface area contributed by atoms with Crippen LogP contribution < -0.4 is 10.6 Å². The average molecular weight is 340 g/mol. The van der Waals surface area contributed by atoms with Gasteiger partial charge < -0.3 is 5.32 Å². The molecule has 0 aliphatic carbocycles. The fourth-order valence-corrected chi connectivity index (χ4v) is 2.21. The van der Waals surface area contributed by atoms with Gasteiger partial charge in [-0.25, -0.2) is 14.8 Å². The zero-order chi connectivity index (χ0) is 16.9. The smallest absolute Gasteiger partial charge is 0.308 e. The molecule has 0 aliphatic rings. The topological polar surface area (TPSA) is 79.8 Å². The monoisotopic (exact) mass is 339 g/mol. The van der Waals surface area contributed by atoms with E-state index < -0.39 is 6.03 Å². The molecule has 6 nitrogen and oxygen atoms in total. The molecule has 0 saturated carbocycles. The van der Waals surface area contributed by atoms with Gasteiger partial charge in [0.05, 0.1) is 5.69 Å². The zero-order valence-electron chi connectivity index (χ0n) is 12.8. The Balaban J connectivity index is 1.76. The minimum Gasteiger partial charge on any atom is -0.308 e. The SMILES string of the molecule is Cc1cc(-c2cccnc2)nc(NC(=O)Nc2ccc(Cl)cc2)n1. The van der Waals surface area contributed by atoms with Gasteiger partial charge in [0, 0.05) is 34.4 Å². The van der Waals surface area contributed by atoms with E-state index in [1.54, 1.807) is 36.7 Å². The van der Waals surface area contributed by atoms with Gasteiger partial charge in [-0.1, -0.05) is 11.6 Å². The Labute approximate surface area is 143 Å². The predicted molar refractivity (Wildman–Crippen MR) is 94.1 cm³/mol. The number of carbonyl (C=O) groups excluding carboxylic acids is 1. The number of nitrogens with one attached hydrogen (secondary N) is 2. The van der Waals surface area contributed by atoms with Crippen LogP contribution in [0, 0.1) is 6.92 Å². The maximum atomic E-state index is 12.1. The van der Waals surface area contributed by atoms with E-state index in [9.17, 15) is 4.79 Å². The summed E-state index contributed by atoms with van der Waals surface area (Å²) in [6.07, 6.45) is 3.40. The van der Waals surface area contributed by atoms with Crippen molar-refractivity contribution in [1.29, 1.82) is 0 Å². The Morgan fingerprint density at radius 1 is 1.08 bits per heavy atom. The number of benzene rings is 1. The van der Waals surface area contributed by atoms with E-state index >= 15 is 0 Å². The number of aryl methyl sites for hydroxylation is 1. The van der Waals surface area contributed by atoms with Crippen molar-refractivity contribution >= 4 is 29.3 Å². The summed E-state index contributed by atoms with van der Waals surface area (Å²) in [7, 11) is 0. The second kappa shape index (κ2) is 7.06. The van der Waals surface area contributed by atoms with Crippen molar-refractivity contribution in [2.45, 2.75) is 6.92 Å². The normalized spacial score (nSPS) is 10.2. The van der Waals surface area contributed by atoms with Crippen LogP contribution in [0.15, 0.2) is 54.9 Å². The van der Waals surface area contributed by atoms with E-state index in [4.69, 9.17) is 11.6 Å². The van der Waals surface area contributed by atoms with E-state index in [-0.39, 0.29) is 5.95 Å². The number of halogens is 1. The third-order valence-electron chi connectivity index (χ3n) is 3.14. The number of anilines is 2. The highest BCUT2D eigenvalue weighted by atomic mass is 35.5. The van der Waals surface area contributed by atoms with Crippen molar-refractivity contribution < 1.29 is 4.79 Å². The molecule has 0 bridgehead atoms. The molecule has 0 saturated heterocycles. The van der Waals surface area contributed by atoms with E-state index in [0.717, 1.165) is 11.3 Å². The molecule has 3 aromatic rings. The Hall–Kier alpha value is -2.99. The standard InChI is InChI=1S/C17H14ClN5O/c1-11-9-15(12-3-2-8-19-10-12)22-16(20-11)23-17(24)21-14-6-4-13(18)5-7-14/h2-10H,1H3,(H2,20,21,22,23,24). The molecule has 2 heterocycles. The summed E-state index contributed by atoms with van der Waals surface area (Å²) in [5, 5.41) is 5.93. The first-order chi connectivity index (χ1) is 11.6. The molecule has 0 fully saturated rings. The van der Waals surface area contributed by atoms with Crippen molar-refractivity contribution in [3.05, 3.63) is 65.6 Å². The highest BCUT2D eigenvalue weighted by Gasteiger charge is 2.08. The van der Waals surface area contributed by atoms with Gasteiger partial charge in [0.2, 0.25) is 5.95 Å². The van der Waals surface area contributed by atoms with Crippen molar-refractivity contribution in [3.63, 3.8) is 0 Å². The van der Waals surface area contributed by atoms with Crippen LogP contribution in [-0.2, 0) is 0 Å². The largest absolute Gasteiger partial charge is 0.326 e. The first kappa shape index (κ1) is 15.9. The van der Waals surface area contributed by atoms with Crippen molar-refractivity contribution in [3.8, 4) is 11.3 Å². The third-order valence-corrected chi connectivity index (χ3v) is 3.39. The minimum atomic E-state index is -0.431. The summed E-state index contributed by atoms with van der Waals surface area (Å²) in [5.41, 5.74) is 2.91. The van der Waals surface area contributed by atoms with Gasteiger partial charge in [0.1, 0.15) is 0 Å². The van der Waals surface area contributed by atoms with Crippen molar-refractivity contribution in [1.82, 2.24) is 15.0 Å². The molecule has 0 spiro atoms. The van der Waals surface area contributed by atoms with Crippen LogP contribution >= 0.6 is 11.6 Å². The molecule has 0 unspecified atom stereocenters. The van der Waals surface area contributed by atoms with Crippen LogP contribution in [0.4, 0.5) is 16.4 Å². The number of carbonyl (C=O) groups is 1. The molecule has 1 aromatic carbocycles. The zero-order valence-corrected chi connectivity index (χ0v) is 13.6. The summed E-state index contributed by atoms with van der Waals surface area (Å²) in [6, 6.07) is 11.9. The van der Waals surface area contributed by atoms with Gasteiger partial charge in [0.25, 0.3) is 0 Å². The Kier molecular flexibility index (Phi) is 4.67. The Bertz CT molecular complexity index is 853. The average Bonchev–Trinajstić information content (AvgIpc) is 2.57. The maximum Gasteiger partial charge on any atom is 0.326 e. The number of urea groups is 1. The fourth-order valence-electron chi connectivity index (χ4n) is 2.08. The molecule has 2 aromatic heterocycles. The number of hydrogen-bond acceptors (Lipinski definition) is 4. The molecule has 3 rings (SSSR count). The van der Waals surface area contributed by atoms with Crippen LogP contribution in [0.3, 0.4) is 0 Å². The van der Waals surface area contributed by atoms with E-state index in [0.29, 0.717) is 16.4 Å². The second-order valence-electron chi connectivity index (χ2n) is 5.05. The van der Waals surface area contributed by atoms with Gasteiger partial charge in [-0.05, 0) is 49.4 Å². The number of amides is 2. The van der Waals surface area contributed by atoms with E-state index in [1.165, 1.54) is 0 Å². The van der Waals surface area contributed by atoms with Crippen LogP contribution in [-0.4, -0.2) is 21.0 Å². The van der Waals surface area contributed by atoms with Gasteiger partial charge >= 0.3 is 6.03 Å². The lowest BCUT2D eigenvalue weighted by atomic mass is 10.2. The van der Waals surface area contributed by atoms with E-state index in [1.807, 2.05) is 25.1 Å². The summed E-state index contributed by atoms with van der Waals surface area (Å²) >= 11 is 5.82. The fraction of sp³-hybridized carbons (Fsp3) is 0.0588. The molecule has 0 radical (unpaired) electrons. The molecular weight excluding hydrogens is 326 g/mol. The molecule has 24 heavy (non-hydrogen) atoms. The number of aromatic nitrogens is 3. The van der Waals surface area contributed by atoms with Gasteiger partial charge in [0.15, 0.2) is 0 Å². The molecule has 7 heteroatoms. The first-order valence-corrected chi connectivity index (χ1v) is 7.57. The second-order valence-corrected chi connectivity index (χ2v) is 5.48. The number of nitrogens with zero attached hydrogens (tertiary/aromatic N) is 3. The molecule has 120 valence electrons. The van der Waals surface area contributed by atoms with Crippen molar-refractivity contribution in [2.24, 2.45) is 0 Å². The molecular formula is C17H14ClN5O. The van der Waals surface area contributed by atoms with Crippen LogP contribution in [0.25, 0.3) is 11.3 Å². The number of rotatable bonds is 3. The van der Waals surface area contributed by atoms with Gasteiger partial charge in [-0.3, -0.25) is 10.3 Å². The van der Waals surface area contributed by atoms with Gasteiger partial charge in [-0.15, -0.1) is 0 Å². The highest BCUT2D eigenvalue weighted by molar-refractivity contribution is 6.30. The molecule has 2 N–H and O–H groups in total. The van der Waals surface area contributed by atoms with E-state index in [2.05, 4.69) is 25.6 Å². The third kappa shape index (κ3) is 4.05. The number of pyridine rings is 1. The predicted octanol–water partition coefficient (Wildman–Crippen LogP) is 4.14. The minimum absolute atomic E-state index is 0.223. The number of hydrogen-bond donors (Lipinski definition) is 2. The summed E-state index contributed by atoms with van der Waals surface area (Å²) in [5.74, 6) is 0.223. The van der Waals surface area contributed by atoms with Crippen molar-refractivity contribution in [2.75, 3.05) is 10.6 Å². The van der Waals surface area contributed by atoms with Crippen LogP contribution in [0.5, 0.6) is 0 Å². The lowest BCUT2D eigenvalue weighted by Gasteiger charge is -2.09. The maximum absolute atomic E-state index is 12.1. The summed E-state index contributed by atoms with van der Waals surface area (Å²) < 4.78 is 0. The molecule has 0 aliphatic heterocycles. The quantitative estimate of drug-likeness (QED) is 0.751. The molecule has 2 amide bonds. The van der Waals surface area contributed by atoms with Crippen LogP contribution in [0.2, 0.25) is 5.02 Å². The lowest BCUT2D eigenvalue weighted by Crippen LogP contribution is -2.21. The Morgan fingerprint density at radius 3 is 2.58 bits per heavy atom. The van der Waals surface area contributed by atoms with Gasteiger partial charge in [-0.2, -0.15) is 0 Å².